The van der Waals surface area contributed by atoms with Gasteiger partial charge in [0.1, 0.15) is 25.6 Å². The van der Waals surface area contributed by atoms with Crippen LogP contribution in [0.4, 0.5) is 0 Å². The summed E-state index contributed by atoms with van der Waals surface area (Å²) in [6.45, 7) is 4.61. The van der Waals surface area contributed by atoms with Gasteiger partial charge in [-0.3, -0.25) is 0 Å². The molecule has 3 rings (SSSR count). The van der Waals surface area contributed by atoms with Crippen molar-refractivity contribution in [3.8, 4) is 17.2 Å². The van der Waals surface area contributed by atoms with E-state index in [4.69, 9.17) is 14.2 Å². The highest BCUT2D eigenvalue weighted by molar-refractivity contribution is 5.85. The fraction of sp³-hybridized carbons (Fsp3) is 0.400. The van der Waals surface area contributed by atoms with Gasteiger partial charge in [-0.05, 0) is 49.5 Å². The fourth-order valence-corrected chi connectivity index (χ4v) is 2.58. The summed E-state index contributed by atoms with van der Waals surface area (Å²) in [6, 6.07) is 14.2. The highest BCUT2D eigenvalue weighted by Crippen LogP contribution is 2.31. The lowest BCUT2D eigenvalue weighted by molar-refractivity contribution is 0.171. The number of hydrogen-bond donors (Lipinski definition) is 1. The van der Waals surface area contributed by atoms with Gasteiger partial charge in [-0.1, -0.05) is 18.2 Å². The van der Waals surface area contributed by atoms with E-state index in [2.05, 4.69) is 36.4 Å². The molecule has 0 aliphatic carbocycles. The lowest BCUT2D eigenvalue weighted by Crippen LogP contribution is -2.26. The number of benzene rings is 2. The molecule has 0 bridgehead atoms. The van der Waals surface area contributed by atoms with Gasteiger partial charge >= 0.3 is 0 Å². The molecule has 1 aliphatic rings. The Bertz CT molecular complexity index is 681. The van der Waals surface area contributed by atoms with Crippen LogP contribution in [-0.2, 0) is 13.2 Å². The second-order valence-electron chi connectivity index (χ2n) is 6.39. The zero-order valence-corrected chi connectivity index (χ0v) is 17.4. The Morgan fingerprint density at radius 1 is 0.926 bits per heavy atom. The van der Waals surface area contributed by atoms with Crippen LogP contribution < -0.4 is 19.5 Å². The smallest absolute Gasteiger partial charge is 0.161 e. The third-order valence-corrected chi connectivity index (χ3v) is 4.00. The molecule has 7 heteroatoms. The molecule has 0 radical (unpaired) electrons. The van der Waals surface area contributed by atoms with Crippen LogP contribution in [0.5, 0.6) is 17.2 Å². The molecule has 1 aliphatic heterocycles. The number of halogens is 2. The maximum absolute atomic E-state index is 5.87. The molecule has 1 N–H and O–H groups in total. The third kappa shape index (κ3) is 7.46. The predicted octanol–water partition coefficient (Wildman–Crippen LogP) is 3.53. The molecule has 0 amide bonds. The van der Waals surface area contributed by atoms with Crippen LogP contribution in [0.15, 0.2) is 42.5 Å². The summed E-state index contributed by atoms with van der Waals surface area (Å²) in [6.07, 6.45) is 0. The van der Waals surface area contributed by atoms with Crippen molar-refractivity contribution in [2.24, 2.45) is 0 Å². The maximum atomic E-state index is 5.87. The molecule has 0 saturated carbocycles. The van der Waals surface area contributed by atoms with Crippen LogP contribution in [0.25, 0.3) is 0 Å². The number of rotatable bonds is 8. The molecule has 0 aromatic heterocycles. The first-order chi connectivity index (χ1) is 12.2. The summed E-state index contributed by atoms with van der Waals surface area (Å²) >= 11 is 0. The van der Waals surface area contributed by atoms with E-state index in [1.165, 1.54) is 5.56 Å². The van der Waals surface area contributed by atoms with Crippen LogP contribution in [0.1, 0.15) is 11.1 Å². The fourth-order valence-electron chi connectivity index (χ4n) is 2.58. The van der Waals surface area contributed by atoms with E-state index >= 15 is 0 Å². The predicted molar refractivity (Wildman–Crippen MR) is 113 cm³/mol. The second kappa shape index (κ2) is 11.9. The summed E-state index contributed by atoms with van der Waals surface area (Å²) in [5, 5.41) is 3.43. The minimum absolute atomic E-state index is 0. The minimum atomic E-state index is 0. The molecular formula is C20H28Cl2N2O3. The normalized spacial score (nSPS) is 12.1. The quantitative estimate of drug-likeness (QED) is 0.669. The van der Waals surface area contributed by atoms with Crippen molar-refractivity contribution in [1.29, 1.82) is 0 Å². The van der Waals surface area contributed by atoms with Crippen LogP contribution in [0, 0.1) is 0 Å². The Balaban J connectivity index is 0.00000182. The second-order valence-corrected chi connectivity index (χ2v) is 6.39. The molecule has 1 heterocycles. The molecule has 0 spiro atoms. The number of likely N-dealkylation sites (N-methyl/N-ethyl adjacent to an activating group) is 1. The van der Waals surface area contributed by atoms with E-state index in [1.54, 1.807) is 0 Å². The molecule has 0 fully saturated rings. The first-order valence-electron chi connectivity index (χ1n) is 8.66. The summed E-state index contributed by atoms with van der Waals surface area (Å²) in [7, 11) is 4.16. The average Bonchev–Trinajstić information content (AvgIpc) is 2.64. The third-order valence-electron chi connectivity index (χ3n) is 4.00. The van der Waals surface area contributed by atoms with Crippen molar-refractivity contribution in [2.75, 3.05) is 40.4 Å². The SMILES string of the molecule is CN(C)CCNCc1ccc(OCc2ccc3c(c2)OCCO3)cc1.Cl.Cl. The van der Waals surface area contributed by atoms with Gasteiger partial charge in [0.2, 0.25) is 0 Å². The molecule has 2 aromatic carbocycles. The van der Waals surface area contributed by atoms with E-state index in [-0.39, 0.29) is 24.8 Å². The van der Waals surface area contributed by atoms with Crippen molar-refractivity contribution in [2.45, 2.75) is 13.2 Å². The standard InChI is InChI=1S/C20H26N2O3.2ClH/c1-22(2)10-9-21-14-16-3-6-18(7-4-16)25-15-17-5-8-19-20(13-17)24-12-11-23-19;;/h3-8,13,21H,9-12,14-15H2,1-2H3;2*1H. The first-order valence-corrected chi connectivity index (χ1v) is 8.66. The van der Waals surface area contributed by atoms with Crippen LogP contribution >= 0.6 is 24.8 Å². The van der Waals surface area contributed by atoms with Crippen molar-refractivity contribution >= 4 is 24.8 Å². The van der Waals surface area contributed by atoms with Gasteiger partial charge in [0.25, 0.3) is 0 Å². The monoisotopic (exact) mass is 414 g/mol. The van der Waals surface area contributed by atoms with Crippen molar-refractivity contribution in [1.82, 2.24) is 10.2 Å². The van der Waals surface area contributed by atoms with Crippen LogP contribution in [-0.4, -0.2) is 45.3 Å². The van der Waals surface area contributed by atoms with Gasteiger partial charge in [-0.15, -0.1) is 24.8 Å². The number of fused-ring (bicyclic) bond motifs is 1. The Morgan fingerprint density at radius 3 is 2.30 bits per heavy atom. The van der Waals surface area contributed by atoms with Gasteiger partial charge in [0, 0.05) is 19.6 Å². The lowest BCUT2D eigenvalue weighted by Gasteiger charge is -2.19. The maximum Gasteiger partial charge on any atom is 0.161 e. The molecule has 27 heavy (non-hydrogen) atoms. The summed E-state index contributed by atoms with van der Waals surface area (Å²) in [4.78, 5) is 2.17. The number of hydrogen-bond acceptors (Lipinski definition) is 5. The van der Waals surface area contributed by atoms with Gasteiger partial charge in [0.15, 0.2) is 11.5 Å². The topological polar surface area (TPSA) is 43.0 Å². The Kier molecular flexibility index (Phi) is 10.3. The molecule has 0 saturated heterocycles. The van der Waals surface area contributed by atoms with Crippen molar-refractivity contribution < 1.29 is 14.2 Å². The number of ether oxygens (including phenoxy) is 3. The molecule has 150 valence electrons. The van der Waals surface area contributed by atoms with Crippen molar-refractivity contribution in [3.63, 3.8) is 0 Å². The van der Waals surface area contributed by atoms with Crippen molar-refractivity contribution in [3.05, 3.63) is 53.6 Å². The number of nitrogens with zero attached hydrogens (tertiary/aromatic N) is 1. The molecule has 0 unspecified atom stereocenters. The van der Waals surface area contributed by atoms with E-state index in [1.807, 2.05) is 30.3 Å². The van der Waals surface area contributed by atoms with Crippen LogP contribution in [0.3, 0.4) is 0 Å². The summed E-state index contributed by atoms with van der Waals surface area (Å²) in [5.74, 6) is 2.47. The highest BCUT2D eigenvalue weighted by Gasteiger charge is 2.11. The molecular weight excluding hydrogens is 387 g/mol. The lowest BCUT2D eigenvalue weighted by atomic mass is 10.2. The molecule has 0 atom stereocenters. The highest BCUT2D eigenvalue weighted by atomic mass is 35.5. The Hall–Kier alpha value is -1.66. The zero-order chi connectivity index (χ0) is 17.5. The average molecular weight is 415 g/mol. The van der Waals surface area contributed by atoms with E-state index in [0.717, 1.165) is 42.4 Å². The summed E-state index contributed by atoms with van der Waals surface area (Å²) < 4.78 is 17.0. The van der Waals surface area contributed by atoms with E-state index in [9.17, 15) is 0 Å². The largest absolute Gasteiger partial charge is 0.489 e. The Morgan fingerprint density at radius 2 is 1.59 bits per heavy atom. The van der Waals surface area contributed by atoms with Gasteiger partial charge in [-0.2, -0.15) is 0 Å². The van der Waals surface area contributed by atoms with Gasteiger partial charge in [0.05, 0.1) is 0 Å². The van der Waals surface area contributed by atoms with E-state index in [0.29, 0.717) is 19.8 Å². The minimum Gasteiger partial charge on any atom is -0.489 e. The number of nitrogens with one attached hydrogen (secondary N) is 1. The zero-order valence-electron chi connectivity index (χ0n) is 15.8. The van der Waals surface area contributed by atoms with Gasteiger partial charge in [-0.25, -0.2) is 0 Å². The Labute approximate surface area is 173 Å². The summed E-state index contributed by atoms with van der Waals surface area (Å²) in [5.41, 5.74) is 2.32. The van der Waals surface area contributed by atoms with Crippen LogP contribution in [0.2, 0.25) is 0 Å². The first kappa shape index (κ1) is 23.4. The van der Waals surface area contributed by atoms with E-state index < -0.39 is 0 Å². The molecule has 2 aromatic rings. The molecule has 5 nitrogen and oxygen atoms in total. The van der Waals surface area contributed by atoms with Gasteiger partial charge < -0.3 is 24.4 Å².